The van der Waals surface area contributed by atoms with E-state index in [1.54, 1.807) is 24.3 Å². The second-order valence-corrected chi connectivity index (χ2v) is 4.24. The average Bonchev–Trinajstić information content (AvgIpc) is 2.95. The summed E-state index contributed by atoms with van der Waals surface area (Å²) in [5, 5.41) is 20.7. The summed E-state index contributed by atoms with van der Waals surface area (Å²) in [4.78, 5) is 29.3. The molecule has 0 spiro atoms. The molecule has 3 rings (SSSR count). The number of aromatic nitrogens is 3. The smallest absolute Gasteiger partial charge is 0.356 e. The highest BCUT2D eigenvalue weighted by molar-refractivity contribution is 5.91. The minimum absolute atomic E-state index is 0.190. The standard InChI is InChI=1S/C13H8N4O4/c18-13(19)10-6-16(7-15-10)12-8-3-1-2-4-9(8)14-5-11(12)17(20)21/h1-7H,(H,18,19). The molecule has 3 aromatic rings. The van der Waals surface area contributed by atoms with E-state index in [1.807, 2.05) is 0 Å². The summed E-state index contributed by atoms with van der Waals surface area (Å²) in [7, 11) is 0. The van der Waals surface area contributed by atoms with Crippen LogP contribution in [0.4, 0.5) is 5.69 Å². The van der Waals surface area contributed by atoms with E-state index >= 15 is 0 Å². The number of pyridine rings is 1. The lowest BCUT2D eigenvalue weighted by atomic mass is 10.1. The minimum Gasteiger partial charge on any atom is -0.476 e. The van der Waals surface area contributed by atoms with Crippen molar-refractivity contribution in [1.29, 1.82) is 0 Å². The summed E-state index contributed by atoms with van der Waals surface area (Å²) in [5.74, 6) is -1.20. The number of para-hydroxylation sites is 1. The van der Waals surface area contributed by atoms with E-state index < -0.39 is 10.9 Å². The van der Waals surface area contributed by atoms with Gasteiger partial charge < -0.3 is 5.11 Å². The Morgan fingerprint density at radius 2 is 2.05 bits per heavy atom. The number of hydrogen-bond donors (Lipinski definition) is 1. The van der Waals surface area contributed by atoms with Gasteiger partial charge in [0.2, 0.25) is 0 Å². The maximum atomic E-state index is 11.2. The fraction of sp³-hybridized carbons (Fsp3) is 0. The Balaban J connectivity index is 2.34. The molecule has 0 saturated carbocycles. The number of nitro groups is 1. The third-order valence-electron chi connectivity index (χ3n) is 2.98. The molecule has 1 N–H and O–H groups in total. The first kappa shape index (κ1) is 12.7. The van der Waals surface area contributed by atoms with Crippen LogP contribution in [0.5, 0.6) is 0 Å². The van der Waals surface area contributed by atoms with Crippen molar-refractivity contribution in [2.75, 3.05) is 0 Å². The molecule has 0 unspecified atom stereocenters. The molecule has 1 aromatic carbocycles. The van der Waals surface area contributed by atoms with Crippen LogP contribution in [-0.2, 0) is 0 Å². The number of nitrogens with zero attached hydrogens (tertiary/aromatic N) is 4. The van der Waals surface area contributed by atoms with Crippen LogP contribution in [0.15, 0.2) is 43.0 Å². The second-order valence-electron chi connectivity index (χ2n) is 4.24. The first-order chi connectivity index (χ1) is 10.1. The van der Waals surface area contributed by atoms with Gasteiger partial charge in [-0.25, -0.2) is 14.8 Å². The van der Waals surface area contributed by atoms with E-state index in [0.29, 0.717) is 10.9 Å². The molecule has 0 amide bonds. The van der Waals surface area contributed by atoms with E-state index in [2.05, 4.69) is 9.97 Å². The number of fused-ring (bicyclic) bond motifs is 1. The van der Waals surface area contributed by atoms with E-state index in [4.69, 9.17) is 5.11 Å². The predicted octanol–water partition coefficient (Wildman–Crippen LogP) is 2.03. The van der Waals surface area contributed by atoms with Crippen LogP contribution >= 0.6 is 0 Å². The Bertz CT molecular complexity index is 871. The lowest BCUT2D eigenvalue weighted by molar-refractivity contribution is -0.384. The molecule has 0 aliphatic rings. The molecule has 8 nitrogen and oxygen atoms in total. The second kappa shape index (κ2) is 4.67. The number of carboxylic acids is 1. The van der Waals surface area contributed by atoms with E-state index in [-0.39, 0.29) is 17.1 Å². The van der Waals surface area contributed by atoms with E-state index in [9.17, 15) is 14.9 Å². The lowest BCUT2D eigenvalue weighted by Gasteiger charge is -2.07. The molecule has 2 aromatic heterocycles. The summed E-state index contributed by atoms with van der Waals surface area (Å²) < 4.78 is 1.32. The van der Waals surface area contributed by atoms with Gasteiger partial charge in [-0.2, -0.15) is 0 Å². The maximum absolute atomic E-state index is 11.2. The Kier molecular flexibility index (Phi) is 2.83. The monoisotopic (exact) mass is 284 g/mol. The van der Waals surface area contributed by atoms with Gasteiger partial charge in [0.15, 0.2) is 5.69 Å². The van der Waals surface area contributed by atoms with E-state index in [1.165, 1.54) is 17.1 Å². The summed E-state index contributed by atoms with van der Waals surface area (Å²) >= 11 is 0. The van der Waals surface area contributed by atoms with Crippen molar-refractivity contribution in [1.82, 2.24) is 14.5 Å². The average molecular weight is 284 g/mol. The van der Waals surface area contributed by atoms with Crippen LogP contribution < -0.4 is 0 Å². The number of rotatable bonds is 3. The number of carbonyl (C=O) groups is 1. The van der Waals surface area contributed by atoms with Crippen LogP contribution in [0.25, 0.3) is 16.6 Å². The molecular weight excluding hydrogens is 276 g/mol. The third kappa shape index (κ3) is 2.08. The molecule has 21 heavy (non-hydrogen) atoms. The molecule has 0 radical (unpaired) electrons. The molecule has 0 saturated heterocycles. The van der Waals surface area contributed by atoms with Crippen LogP contribution in [-0.4, -0.2) is 30.5 Å². The van der Waals surface area contributed by atoms with Crippen molar-refractivity contribution in [3.05, 3.63) is 58.8 Å². The largest absolute Gasteiger partial charge is 0.476 e. The zero-order chi connectivity index (χ0) is 15.0. The van der Waals surface area contributed by atoms with Crippen molar-refractivity contribution in [3.63, 3.8) is 0 Å². The first-order valence-corrected chi connectivity index (χ1v) is 5.87. The molecule has 0 bridgehead atoms. The topological polar surface area (TPSA) is 111 Å². The van der Waals surface area contributed by atoms with Gasteiger partial charge in [0.25, 0.3) is 0 Å². The Labute approximate surface area is 117 Å². The van der Waals surface area contributed by atoms with Crippen LogP contribution in [0, 0.1) is 10.1 Å². The highest BCUT2D eigenvalue weighted by Crippen LogP contribution is 2.29. The Morgan fingerprint density at radius 1 is 1.29 bits per heavy atom. The van der Waals surface area contributed by atoms with Gasteiger partial charge in [0.05, 0.1) is 10.4 Å². The van der Waals surface area contributed by atoms with Crippen molar-refractivity contribution in [2.45, 2.75) is 0 Å². The number of imidazole rings is 1. The van der Waals surface area contributed by atoms with Crippen LogP contribution in [0.3, 0.4) is 0 Å². The molecule has 8 heteroatoms. The van der Waals surface area contributed by atoms with Crippen molar-refractivity contribution < 1.29 is 14.8 Å². The summed E-state index contributed by atoms with van der Waals surface area (Å²) in [6.07, 6.45) is 3.62. The molecular formula is C13H8N4O4. The van der Waals surface area contributed by atoms with Gasteiger partial charge in [-0.1, -0.05) is 18.2 Å². The van der Waals surface area contributed by atoms with Crippen LogP contribution in [0.1, 0.15) is 10.5 Å². The third-order valence-corrected chi connectivity index (χ3v) is 2.98. The zero-order valence-corrected chi connectivity index (χ0v) is 10.5. The number of aromatic carboxylic acids is 1. The lowest BCUT2D eigenvalue weighted by Crippen LogP contribution is -2.01. The quantitative estimate of drug-likeness (QED) is 0.581. The molecule has 0 atom stereocenters. The number of hydrogen-bond acceptors (Lipinski definition) is 5. The van der Waals surface area contributed by atoms with Gasteiger partial charge >= 0.3 is 11.7 Å². The SMILES string of the molecule is O=C(O)c1cn(-c2c([N+](=O)[O-])cnc3ccccc23)cn1. The normalized spacial score (nSPS) is 10.7. The Morgan fingerprint density at radius 3 is 2.71 bits per heavy atom. The molecule has 104 valence electrons. The summed E-state index contributed by atoms with van der Waals surface area (Å²) in [6.45, 7) is 0. The molecule has 0 aliphatic heterocycles. The predicted molar refractivity (Wildman–Crippen MR) is 72.5 cm³/mol. The van der Waals surface area contributed by atoms with Gasteiger partial charge in [-0.05, 0) is 6.07 Å². The highest BCUT2D eigenvalue weighted by atomic mass is 16.6. The molecule has 0 aliphatic carbocycles. The van der Waals surface area contributed by atoms with Gasteiger partial charge in [0, 0.05) is 11.6 Å². The molecule has 2 heterocycles. The van der Waals surface area contributed by atoms with E-state index in [0.717, 1.165) is 6.20 Å². The Hall–Kier alpha value is -3.29. The first-order valence-electron chi connectivity index (χ1n) is 5.87. The van der Waals surface area contributed by atoms with Crippen molar-refractivity contribution in [3.8, 4) is 5.69 Å². The van der Waals surface area contributed by atoms with Crippen molar-refractivity contribution >= 4 is 22.6 Å². The number of carboxylic acid groups (broad SMARTS) is 1. The van der Waals surface area contributed by atoms with Crippen LogP contribution in [0.2, 0.25) is 0 Å². The minimum atomic E-state index is -1.20. The van der Waals surface area contributed by atoms with Gasteiger partial charge in [0.1, 0.15) is 18.2 Å². The van der Waals surface area contributed by atoms with Gasteiger partial charge in [-0.3, -0.25) is 14.7 Å². The number of benzene rings is 1. The maximum Gasteiger partial charge on any atom is 0.356 e. The summed E-state index contributed by atoms with van der Waals surface area (Å²) in [6, 6.07) is 6.90. The fourth-order valence-electron chi connectivity index (χ4n) is 2.08. The molecule has 0 fully saturated rings. The fourth-order valence-corrected chi connectivity index (χ4v) is 2.08. The zero-order valence-electron chi connectivity index (χ0n) is 10.5. The highest BCUT2D eigenvalue weighted by Gasteiger charge is 2.20. The van der Waals surface area contributed by atoms with Gasteiger partial charge in [-0.15, -0.1) is 0 Å². The van der Waals surface area contributed by atoms with Crippen molar-refractivity contribution in [2.24, 2.45) is 0 Å². The summed E-state index contributed by atoms with van der Waals surface area (Å²) in [5.41, 5.74) is 0.405.